The van der Waals surface area contributed by atoms with E-state index in [1.165, 1.54) is 0 Å². The van der Waals surface area contributed by atoms with E-state index in [4.69, 9.17) is 14.6 Å². The van der Waals surface area contributed by atoms with Crippen LogP contribution in [0.4, 0.5) is 5.82 Å². The van der Waals surface area contributed by atoms with Gasteiger partial charge in [0.1, 0.15) is 5.82 Å². The van der Waals surface area contributed by atoms with Crippen LogP contribution in [0.25, 0.3) is 16.9 Å². The van der Waals surface area contributed by atoms with Gasteiger partial charge in [0, 0.05) is 37.1 Å². The molecule has 7 nitrogen and oxygen atoms in total. The Morgan fingerprint density at radius 3 is 2.92 bits per heavy atom. The van der Waals surface area contributed by atoms with Gasteiger partial charge in [-0.25, -0.2) is 14.5 Å². The highest BCUT2D eigenvalue weighted by Crippen LogP contribution is 2.23. The number of imidazole rings is 1. The zero-order chi connectivity index (χ0) is 16.4. The van der Waals surface area contributed by atoms with Gasteiger partial charge in [0.2, 0.25) is 5.88 Å². The van der Waals surface area contributed by atoms with Crippen LogP contribution in [0.1, 0.15) is 12.8 Å². The first-order chi connectivity index (χ1) is 11.8. The predicted octanol–water partition coefficient (Wildman–Crippen LogP) is 2.39. The summed E-state index contributed by atoms with van der Waals surface area (Å²) in [5, 5.41) is 8.19. The molecule has 0 unspecified atom stereocenters. The van der Waals surface area contributed by atoms with E-state index >= 15 is 0 Å². The van der Waals surface area contributed by atoms with Crippen molar-refractivity contribution in [2.45, 2.75) is 18.9 Å². The Kier molecular flexibility index (Phi) is 4.00. The van der Waals surface area contributed by atoms with E-state index in [1.54, 1.807) is 13.3 Å². The van der Waals surface area contributed by atoms with Crippen molar-refractivity contribution in [2.75, 3.05) is 25.6 Å². The highest BCUT2D eigenvalue weighted by Gasteiger charge is 2.15. The number of hydrogen-bond acceptors (Lipinski definition) is 6. The number of pyridine rings is 1. The van der Waals surface area contributed by atoms with Crippen molar-refractivity contribution in [1.82, 2.24) is 19.6 Å². The van der Waals surface area contributed by atoms with Gasteiger partial charge in [-0.15, -0.1) is 5.10 Å². The standard InChI is InChI=1S/C17H19N5O2/c1-23-17-10-12(4-7-18-17)14-11-19-16-3-2-15(21-22(14)16)20-13-5-8-24-9-6-13/h2-4,7,10-11,13H,5-6,8-9H2,1H3,(H,20,21). The summed E-state index contributed by atoms with van der Waals surface area (Å²) >= 11 is 0. The van der Waals surface area contributed by atoms with Crippen molar-refractivity contribution in [1.29, 1.82) is 0 Å². The Balaban J connectivity index is 1.67. The van der Waals surface area contributed by atoms with Crippen molar-refractivity contribution >= 4 is 11.5 Å². The Labute approximate surface area is 139 Å². The lowest BCUT2D eigenvalue weighted by Gasteiger charge is -2.23. The second-order valence-corrected chi connectivity index (χ2v) is 5.75. The van der Waals surface area contributed by atoms with Crippen LogP contribution in [0.2, 0.25) is 0 Å². The largest absolute Gasteiger partial charge is 0.481 e. The van der Waals surface area contributed by atoms with Gasteiger partial charge in [-0.2, -0.15) is 0 Å². The first kappa shape index (κ1) is 14.9. The molecule has 4 rings (SSSR count). The van der Waals surface area contributed by atoms with Crippen LogP contribution >= 0.6 is 0 Å². The fourth-order valence-electron chi connectivity index (χ4n) is 2.88. The van der Waals surface area contributed by atoms with Crippen LogP contribution in [0.15, 0.2) is 36.7 Å². The number of rotatable bonds is 4. The van der Waals surface area contributed by atoms with Gasteiger partial charge in [-0.1, -0.05) is 0 Å². The summed E-state index contributed by atoms with van der Waals surface area (Å²) in [7, 11) is 1.61. The predicted molar refractivity (Wildman–Crippen MR) is 90.2 cm³/mol. The molecule has 7 heteroatoms. The van der Waals surface area contributed by atoms with Crippen molar-refractivity contribution in [3.05, 3.63) is 36.7 Å². The maximum atomic E-state index is 5.40. The molecule has 4 heterocycles. The maximum absolute atomic E-state index is 5.40. The summed E-state index contributed by atoms with van der Waals surface area (Å²) in [6, 6.07) is 8.14. The van der Waals surface area contributed by atoms with E-state index in [0.29, 0.717) is 11.9 Å². The van der Waals surface area contributed by atoms with Crippen LogP contribution in [0.3, 0.4) is 0 Å². The summed E-state index contributed by atoms with van der Waals surface area (Å²) in [5.41, 5.74) is 2.67. The minimum absolute atomic E-state index is 0.400. The third-order valence-corrected chi connectivity index (χ3v) is 4.18. The van der Waals surface area contributed by atoms with E-state index in [-0.39, 0.29) is 0 Å². The molecule has 1 saturated heterocycles. The molecular formula is C17H19N5O2. The number of nitrogens with one attached hydrogen (secondary N) is 1. The molecule has 0 saturated carbocycles. The summed E-state index contributed by atoms with van der Waals surface area (Å²) in [6.07, 6.45) is 5.53. The van der Waals surface area contributed by atoms with Crippen LogP contribution in [-0.4, -0.2) is 45.9 Å². The monoisotopic (exact) mass is 325 g/mol. The number of anilines is 1. The molecule has 1 aliphatic heterocycles. The third-order valence-electron chi connectivity index (χ3n) is 4.18. The zero-order valence-electron chi connectivity index (χ0n) is 13.5. The minimum Gasteiger partial charge on any atom is -0.481 e. The zero-order valence-corrected chi connectivity index (χ0v) is 13.5. The molecule has 0 radical (unpaired) electrons. The lowest BCUT2D eigenvalue weighted by atomic mass is 10.1. The summed E-state index contributed by atoms with van der Waals surface area (Å²) < 4.78 is 12.4. The lowest BCUT2D eigenvalue weighted by Crippen LogP contribution is -2.28. The lowest BCUT2D eigenvalue weighted by molar-refractivity contribution is 0.0903. The van der Waals surface area contributed by atoms with Crippen LogP contribution in [-0.2, 0) is 4.74 Å². The fraction of sp³-hybridized carbons (Fsp3) is 0.353. The SMILES string of the molecule is COc1cc(-c2cnc3ccc(NC4CCOCC4)nn23)ccn1. The van der Waals surface area contributed by atoms with Crippen molar-refractivity contribution in [2.24, 2.45) is 0 Å². The van der Waals surface area contributed by atoms with Gasteiger partial charge >= 0.3 is 0 Å². The molecule has 24 heavy (non-hydrogen) atoms. The van der Waals surface area contributed by atoms with Crippen molar-refractivity contribution < 1.29 is 9.47 Å². The average Bonchev–Trinajstić information content (AvgIpc) is 3.06. The molecule has 0 bridgehead atoms. The maximum Gasteiger partial charge on any atom is 0.213 e. The van der Waals surface area contributed by atoms with E-state index in [2.05, 4.69) is 15.3 Å². The second kappa shape index (κ2) is 6.45. The third kappa shape index (κ3) is 2.90. The molecule has 0 spiro atoms. The van der Waals surface area contributed by atoms with Gasteiger partial charge in [0.15, 0.2) is 5.65 Å². The van der Waals surface area contributed by atoms with E-state index in [0.717, 1.165) is 48.8 Å². The van der Waals surface area contributed by atoms with Gasteiger partial charge in [-0.05, 0) is 31.0 Å². The topological polar surface area (TPSA) is 73.6 Å². The number of hydrogen-bond donors (Lipinski definition) is 1. The molecule has 1 aliphatic rings. The first-order valence-corrected chi connectivity index (χ1v) is 8.03. The number of nitrogens with zero attached hydrogens (tertiary/aromatic N) is 4. The van der Waals surface area contributed by atoms with Crippen molar-refractivity contribution in [3.8, 4) is 17.1 Å². The first-order valence-electron chi connectivity index (χ1n) is 8.03. The summed E-state index contributed by atoms with van der Waals surface area (Å²) in [6.45, 7) is 1.60. The summed E-state index contributed by atoms with van der Waals surface area (Å²) in [5.74, 6) is 1.41. The molecule has 0 aromatic carbocycles. The van der Waals surface area contributed by atoms with E-state index in [1.807, 2.05) is 35.0 Å². The summed E-state index contributed by atoms with van der Waals surface area (Å²) in [4.78, 5) is 8.58. The minimum atomic E-state index is 0.400. The van der Waals surface area contributed by atoms with Crippen LogP contribution < -0.4 is 10.1 Å². The Bertz CT molecular complexity index is 842. The average molecular weight is 325 g/mol. The normalized spacial score (nSPS) is 15.5. The Morgan fingerprint density at radius 2 is 2.08 bits per heavy atom. The molecule has 0 atom stereocenters. The fourth-order valence-corrected chi connectivity index (χ4v) is 2.88. The Hall–Kier alpha value is -2.67. The number of ether oxygens (including phenoxy) is 2. The quantitative estimate of drug-likeness (QED) is 0.794. The van der Waals surface area contributed by atoms with E-state index in [9.17, 15) is 0 Å². The van der Waals surface area contributed by atoms with Gasteiger partial charge in [0.25, 0.3) is 0 Å². The number of aromatic nitrogens is 4. The van der Waals surface area contributed by atoms with E-state index < -0.39 is 0 Å². The smallest absolute Gasteiger partial charge is 0.213 e. The molecule has 1 fully saturated rings. The molecule has 0 amide bonds. The molecule has 124 valence electrons. The molecule has 3 aromatic heterocycles. The van der Waals surface area contributed by atoms with Crippen molar-refractivity contribution in [3.63, 3.8) is 0 Å². The molecule has 0 aliphatic carbocycles. The number of fused-ring (bicyclic) bond motifs is 1. The van der Waals surface area contributed by atoms with Crippen LogP contribution in [0, 0.1) is 0 Å². The van der Waals surface area contributed by atoms with Gasteiger partial charge in [-0.3, -0.25) is 0 Å². The highest BCUT2D eigenvalue weighted by atomic mass is 16.5. The van der Waals surface area contributed by atoms with Gasteiger partial charge in [0.05, 0.1) is 19.0 Å². The Morgan fingerprint density at radius 1 is 1.21 bits per heavy atom. The highest BCUT2D eigenvalue weighted by molar-refractivity contribution is 5.64. The van der Waals surface area contributed by atoms with Crippen LogP contribution in [0.5, 0.6) is 5.88 Å². The molecule has 1 N–H and O–H groups in total. The van der Waals surface area contributed by atoms with Gasteiger partial charge < -0.3 is 14.8 Å². The molecule has 3 aromatic rings. The molecular weight excluding hydrogens is 306 g/mol. The number of methoxy groups -OCH3 is 1. The second-order valence-electron chi connectivity index (χ2n) is 5.75.